The van der Waals surface area contributed by atoms with Gasteiger partial charge in [-0.05, 0) is 219 Å². The van der Waals surface area contributed by atoms with Gasteiger partial charge in [-0.25, -0.2) is 0 Å². The second-order valence-corrected chi connectivity index (χ2v) is 33.7. The van der Waals surface area contributed by atoms with Crippen LogP contribution in [0.25, 0.3) is 22.3 Å². The lowest BCUT2D eigenvalue weighted by molar-refractivity contribution is 0.195. The Morgan fingerprint density at radius 3 is 1.40 bits per heavy atom. The third-order valence-corrected chi connectivity index (χ3v) is 24.1. The molecule has 0 saturated heterocycles. The van der Waals surface area contributed by atoms with E-state index in [1.807, 2.05) is 0 Å². The van der Waals surface area contributed by atoms with Crippen LogP contribution in [-0.4, -0.2) is 17.8 Å². The van der Waals surface area contributed by atoms with Crippen molar-refractivity contribution in [1.29, 1.82) is 0 Å². The minimum Gasteiger partial charge on any atom is -0.334 e. The van der Waals surface area contributed by atoms with Crippen molar-refractivity contribution in [3.05, 3.63) is 221 Å². The zero-order valence-corrected chi connectivity index (χ0v) is 58.3. The number of nitrogens with zero attached hydrogens (tertiary/aromatic N) is 4. The highest BCUT2D eigenvalue weighted by Gasteiger charge is 2.60. The van der Waals surface area contributed by atoms with Crippen LogP contribution in [0.3, 0.4) is 0 Å². The van der Waals surface area contributed by atoms with Gasteiger partial charge < -0.3 is 19.6 Å². The number of benzene rings is 9. The Bertz CT molecular complexity index is 4450. The Balaban J connectivity index is 1.06. The maximum Gasteiger partial charge on any atom is 0.252 e. The molecular formula is C87H97BN4. The lowest BCUT2D eigenvalue weighted by Gasteiger charge is -2.51. The Kier molecular flexibility index (Phi) is 13.6. The zero-order valence-electron chi connectivity index (χ0n) is 58.3. The molecule has 0 N–H and O–H groups in total. The smallest absolute Gasteiger partial charge is 0.252 e. The molecule has 4 aliphatic heterocycles. The Morgan fingerprint density at radius 1 is 0.337 bits per heavy atom. The second kappa shape index (κ2) is 20.6. The van der Waals surface area contributed by atoms with Crippen LogP contribution in [-0.2, 0) is 32.5 Å². The topological polar surface area (TPSA) is 13.0 Å². The average molecular weight is 1210 g/mol. The van der Waals surface area contributed by atoms with Crippen LogP contribution in [0, 0.1) is 6.92 Å². The summed E-state index contributed by atoms with van der Waals surface area (Å²) in [5, 5.41) is 0. The highest BCUT2D eigenvalue weighted by molar-refractivity contribution is 7.00. The SMILES string of the molecule is Cc1ccccc1-c1ccc2c(c1)C1(C)CCCCC1(C)N2c1cc2c3c(c1)N(c1ccc(C(C)(C)C)cc1-c1ccccc1)c1ccc(C(C)(C)C)cc1B3c1cc(N3c4ccc(C(C)(C)C)cc4C4(C)CCCCC34C)ccc1N2c1ccc(C(C)(C)C)cc1. The van der Waals surface area contributed by atoms with Gasteiger partial charge in [0, 0.05) is 67.6 Å². The second-order valence-electron chi connectivity index (χ2n) is 33.7. The van der Waals surface area contributed by atoms with Crippen LogP contribution in [0.4, 0.5) is 56.9 Å². The number of hydrogen-bond donors (Lipinski definition) is 0. The molecule has 15 rings (SSSR count). The highest BCUT2D eigenvalue weighted by Crippen LogP contribution is 2.64. The number of aryl methyl sites for hydroxylation is 1. The fourth-order valence-electron chi connectivity index (χ4n) is 18.2. The summed E-state index contributed by atoms with van der Waals surface area (Å²) in [6.45, 7) is 41.0. The minimum atomic E-state index is -0.217. The predicted octanol–water partition coefficient (Wildman–Crippen LogP) is 22.1. The molecule has 4 atom stereocenters. The van der Waals surface area contributed by atoms with Gasteiger partial charge in [-0.2, -0.15) is 0 Å². The van der Waals surface area contributed by atoms with E-state index in [9.17, 15) is 0 Å². The number of rotatable bonds is 6. The average Bonchev–Trinajstić information content (AvgIpc) is 1.21. The van der Waals surface area contributed by atoms with E-state index in [0.29, 0.717) is 0 Å². The van der Waals surface area contributed by atoms with Crippen molar-refractivity contribution in [2.45, 2.75) is 213 Å². The molecule has 0 bridgehead atoms. The first-order valence-corrected chi connectivity index (χ1v) is 34.9. The maximum atomic E-state index is 2.85. The summed E-state index contributed by atoms with van der Waals surface area (Å²) in [4.78, 5) is 11.1. The van der Waals surface area contributed by atoms with E-state index in [1.54, 1.807) is 0 Å². The van der Waals surface area contributed by atoms with E-state index in [2.05, 4.69) is 319 Å². The first kappa shape index (κ1) is 60.5. The van der Waals surface area contributed by atoms with Gasteiger partial charge in [0.15, 0.2) is 0 Å². The van der Waals surface area contributed by atoms with Crippen molar-refractivity contribution in [3.63, 3.8) is 0 Å². The molecule has 2 saturated carbocycles. The van der Waals surface area contributed by atoms with Crippen LogP contribution in [0.2, 0.25) is 0 Å². The molecule has 4 unspecified atom stereocenters. The van der Waals surface area contributed by atoms with Crippen molar-refractivity contribution in [2.75, 3.05) is 19.6 Å². The highest BCUT2D eigenvalue weighted by atomic mass is 15.3. The Labute approximate surface area is 552 Å². The Morgan fingerprint density at radius 2 is 0.793 bits per heavy atom. The fraction of sp³-hybridized carbons (Fsp3) is 0.379. The largest absolute Gasteiger partial charge is 0.334 e. The van der Waals surface area contributed by atoms with Crippen LogP contribution >= 0.6 is 0 Å². The van der Waals surface area contributed by atoms with Crippen LogP contribution in [0.15, 0.2) is 182 Å². The lowest BCUT2D eigenvalue weighted by atomic mass is 9.33. The van der Waals surface area contributed by atoms with Gasteiger partial charge in [-0.3, -0.25) is 0 Å². The van der Waals surface area contributed by atoms with E-state index < -0.39 is 0 Å². The summed E-state index contributed by atoms with van der Waals surface area (Å²) in [5.74, 6) is 0. The molecule has 2 aliphatic carbocycles. The molecule has 9 aromatic carbocycles. The van der Waals surface area contributed by atoms with Crippen LogP contribution < -0.4 is 36.0 Å². The molecule has 5 heteroatoms. The molecule has 4 heterocycles. The lowest BCUT2D eigenvalue weighted by Crippen LogP contribution is -2.62. The summed E-state index contributed by atoms with van der Waals surface area (Å²) >= 11 is 0. The van der Waals surface area contributed by atoms with Gasteiger partial charge in [-0.15, -0.1) is 0 Å². The van der Waals surface area contributed by atoms with E-state index >= 15 is 0 Å². The molecule has 4 nitrogen and oxygen atoms in total. The minimum absolute atomic E-state index is 0.0148. The van der Waals surface area contributed by atoms with E-state index in [-0.39, 0.29) is 50.3 Å². The number of hydrogen-bond acceptors (Lipinski definition) is 4. The van der Waals surface area contributed by atoms with Gasteiger partial charge in [0.25, 0.3) is 6.71 Å². The maximum absolute atomic E-state index is 2.85. The van der Waals surface area contributed by atoms with Gasteiger partial charge in [-0.1, -0.05) is 226 Å². The molecule has 92 heavy (non-hydrogen) atoms. The van der Waals surface area contributed by atoms with Crippen molar-refractivity contribution in [2.24, 2.45) is 0 Å². The molecule has 9 aromatic rings. The van der Waals surface area contributed by atoms with Gasteiger partial charge >= 0.3 is 0 Å². The normalized spacial score (nSPS) is 22.3. The van der Waals surface area contributed by atoms with Crippen molar-refractivity contribution < 1.29 is 0 Å². The molecule has 468 valence electrons. The molecule has 2 fully saturated rings. The fourth-order valence-corrected chi connectivity index (χ4v) is 18.2. The summed E-state index contributed by atoms with van der Waals surface area (Å²) in [7, 11) is 0. The quantitative estimate of drug-likeness (QED) is 0.154. The van der Waals surface area contributed by atoms with E-state index in [0.717, 1.165) is 19.3 Å². The van der Waals surface area contributed by atoms with E-state index in [4.69, 9.17) is 0 Å². The monoisotopic (exact) mass is 1210 g/mol. The number of fused-ring (bicyclic) bond motifs is 10. The molecule has 0 spiro atoms. The Hall–Kier alpha value is -7.76. The standard InChI is InChI=1S/C87H97BN4/c1-56-27-21-22-30-66(56)58-31-40-73-68(49-58)84(14)45-23-26-48-87(84,17)92(73)65-54-77-79-78(55-65)90(72-41-34-60(81(5,6)7)50-67(72)57-28-19-18-20-29-57)76-43-36-62(83(11,12)13)52-70(76)88(79)71-53-64(39-44-75(71)89(77)63-37-32-59(33-38-63)80(2,3)4)91-74-42-35-61(82(8,9)10)51-69(74)85(15)46-24-25-47-86(85,91)16/h18-22,27-44,49-55H,23-26,45-48H2,1-17H3. The molecule has 6 aliphatic rings. The van der Waals surface area contributed by atoms with E-state index in [1.165, 1.54) is 167 Å². The number of anilines is 10. The van der Waals surface area contributed by atoms with Crippen molar-refractivity contribution in [3.8, 4) is 22.3 Å². The van der Waals surface area contributed by atoms with Gasteiger partial charge in [0.1, 0.15) is 0 Å². The third kappa shape index (κ3) is 8.95. The van der Waals surface area contributed by atoms with Crippen LogP contribution in [0.1, 0.15) is 201 Å². The summed E-state index contributed by atoms with van der Waals surface area (Å²) in [5.41, 5.74) is 30.8. The predicted molar refractivity (Wildman–Crippen MR) is 396 cm³/mol. The first-order chi connectivity index (χ1) is 43.5. The first-order valence-electron chi connectivity index (χ1n) is 34.9. The third-order valence-electron chi connectivity index (χ3n) is 24.1. The summed E-state index contributed by atoms with van der Waals surface area (Å²) in [6.07, 6.45) is 9.44. The molecular weight excluding hydrogens is 1110 g/mol. The van der Waals surface area contributed by atoms with Gasteiger partial charge in [0.2, 0.25) is 0 Å². The summed E-state index contributed by atoms with van der Waals surface area (Å²) < 4.78 is 0. The van der Waals surface area contributed by atoms with Crippen molar-refractivity contribution >= 4 is 80.0 Å². The molecule has 0 aromatic heterocycles. The van der Waals surface area contributed by atoms with Gasteiger partial charge in [0.05, 0.1) is 16.8 Å². The summed E-state index contributed by atoms with van der Waals surface area (Å²) in [6, 6.07) is 73.0. The molecule has 0 amide bonds. The zero-order chi connectivity index (χ0) is 64.6. The van der Waals surface area contributed by atoms with Crippen molar-refractivity contribution in [1.82, 2.24) is 0 Å². The molecule has 0 radical (unpaired) electrons. The van der Waals surface area contributed by atoms with Crippen LogP contribution in [0.5, 0.6) is 0 Å².